The van der Waals surface area contributed by atoms with Gasteiger partial charge in [-0.2, -0.15) is 10.2 Å². The lowest BCUT2D eigenvalue weighted by Gasteiger charge is -2.05. The van der Waals surface area contributed by atoms with E-state index in [1.807, 2.05) is 0 Å². The van der Waals surface area contributed by atoms with Crippen molar-refractivity contribution in [1.29, 1.82) is 0 Å². The van der Waals surface area contributed by atoms with E-state index < -0.39 is 35.2 Å². The summed E-state index contributed by atoms with van der Waals surface area (Å²) in [6.45, 7) is 2.58. The van der Waals surface area contributed by atoms with Crippen LogP contribution in [-0.2, 0) is 18.4 Å². The molecule has 0 aliphatic heterocycles. The van der Waals surface area contributed by atoms with Gasteiger partial charge in [0.2, 0.25) is 11.6 Å². The third-order valence-corrected chi connectivity index (χ3v) is 3.39. The number of nitrogens with zero attached hydrogens (tertiary/aromatic N) is 5. The van der Waals surface area contributed by atoms with Crippen LogP contribution in [-0.4, -0.2) is 30.4 Å². The van der Waals surface area contributed by atoms with E-state index in [2.05, 4.69) is 15.5 Å². The number of halogens is 2. The molecule has 23 heavy (non-hydrogen) atoms. The third kappa shape index (κ3) is 3.17. The van der Waals surface area contributed by atoms with E-state index >= 15 is 0 Å². The van der Waals surface area contributed by atoms with Gasteiger partial charge in [0.1, 0.15) is 12.2 Å². The zero-order chi connectivity index (χ0) is 17.3. The Kier molecular flexibility index (Phi) is 4.38. The van der Waals surface area contributed by atoms with Crippen molar-refractivity contribution in [2.45, 2.75) is 26.8 Å². The molecule has 0 aliphatic carbocycles. The Hall–Kier alpha value is -2.85. The van der Waals surface area contributed by atoms with Crippen LogP contribution in [0.25, 0.3) is 0 Å². The van der Waals surface area contributed by atoms with E-state index in [1.54, 1.807) is 18.7 Å². The molecule has 2 aromatic heterocycles. The molecule has 124 valence electrons. The van der Waals surface area contributed by atoms with Gasteiger partial charge in [-0.15, -0.1) is 0 Å². The predicted octanol–water partition coefficient (Wildman–Crippen LogP) is 1.72. The van der Waals surface area contributed by atoms with Gasteiger partial charge in [-0.3, -0.25) is 24.3 Å². The molecule has 9 nitrogen and oxygen atoms in total. The smallest absolute Gasteiger partial charge is 0.319 e. The van der Waals surface area contributed by atoms with Crippen LogP contribution < -0.4 is 5.32 Å². The van der Waals surface area contributed by atoms with Crippen LogP contribution in [0.15, 0.2) is 6.20 Å². The maximum atomic E-state index is 12.8. The van der Waals surface area contributed by atoms with E-state index in [-0.39, 0.29) is 5.69 Å². The minimum absolute atomic E-state index is 0.108. The van der Waals surface area contributed by atoms with Crippen molar-refractivity contribution < 1.29 is 18.5 Å². The summed E-state index contributed by atoms with van der Waals surface area (Å²) in [5, 5.41) is 20.9. The van der Waals surface area contributed by atoms with E-state index in [1.165, 1.54) is 13.1 Å². The Balaban J connectivity index is 2.23. The Labute approximate surface area is 129 Å². The number of aromatic nitrogens is 4. The van der Waals surface area contributed by atoms with Crippen molar-refractivity contribution in [1.82, 2.24) is 19.6 Å². The van der Waals surface area contributed by atoms with E-state index in [0.29, 0.717) is 11.4 Å². The van der Waals surface area contributed by atoms with Gasteiger partial charge in [0, 0.05) is 7.05 Å². The lowest BCUT2D eigenvalue weighted by atomic mass is 10.3. The topological polar surface area (TPSA) is 108 Å². The van der Waals surface area contributed by atoms with E-state index in [4.69, 9.17) is 0 Å². The molecule has 0 aromatic carbocycles. The predicted molar refractivity (Wildman–Crippen MR) is 75.2 cm³/mol. The molecule has 0 unspecified atom stereocenters. The van der Waals surface area contributed by atoms with Crippen molar-refractivity contribution in [2.75, 3.05) is 5.32 Å². The van der Waals surface area contributed by atoms with E-state index in [9.17, 15) is 23.7 Å². The van der Waals surface area contributed by atoms with Gasteiger partial charge >= 0.3 is 5.69 Å². The molecular weight excluding hydrogens is 314 g/mol. The van der Waals surface area contributed by atoms with Gasteiger partial charge in [0.25, 0.3) is 6.43 Å². The zero-order valence-electron chi connectivity index (χ0n) is 12.6. The number of alkyl halides is 2. The second kappa shape index (κ2) is 6.10. The van der Waals surface area contributed by atoms with Gasteiger partial charge < -0.3 is 5.32 Å². The maximum Gasteiger partial charge on any atom is 0.319 e. The number of amides is 1. The summed E-state index contributed by atoms with van der Waals surface area (Å²) in [4.78, 5) is 22.0. The maximum absolute atomic E-state index is 12.8. The zero-order valence-corrected chi connectivity index (χ0v) is 12.6. The quantitative estimate of drug-likeness (QED) is 0.664. The molecule has 2 heterocycles. The van der Waals surface area contributed by atoms with Gasteiger partial charge in [-0.25, -0.2) is 8.78 Å². The average molecular weight is 328 g/mol. The van der Waals surface area contributed by atoms with Crippen molar-refractivity contribution in [3.05, 3.63) is 33.4 Å². The number of rotatable bonds is 5. The highest BCUT2D eigenvalue weighted by molar-refractivity contribution is 5.91. The van der Waals surface area contributed by atoms with Crippen LogP contribution in [0.2, 0.25) is 0 Å². The first-order valence-corrected chi connectivity index (χ1v) is 6.50. The molecule has 0 atom stereocenters. The van der Waals surface area contributed by atoms with Gasteiger partial charge in [0.15, 0.2) is 0 Å². The minimum Gasteiger partial charge on any atom is -0.322 e. The van der Waals surface area contributed by atoms with Crippen LogP contribution in [0.5, 0.6) is 0 Å². The van der Waals surface area contributed by atoms with Crippen LogP contribution in [0.3, 0.4) is 0 Å². The Morgan fingerprint density at radius 3 is 2.52 bits per heavy atom. The summed E-state index contributed by atoms with van der Waals surface area (Å²) in [5.74, 6) is -0.553. The Bertz CT molecular complexity index is 767. The summed E-state index contributed by atoms with van der Waals surface area (Å²) in [6, 6.07) is 0. The normalized spacial score (nSPS) is 11.0. The monoisotopic (exact) mass is 328 g/mol. The first-order chi connectivity index (χ1) is 10.7. The Morgan fingerprint density at radius 1 is 1.43 bits per heavy atom. The van der Waals surface area contributed by atoms with Gasteiger partial charge in [0.05, 0.1) is 22.5 Å². The molecule has 0 bridgehead atoms. The standard InChI is InChI=1S/C12H14F2N6O3/c1-6-8(4-15-18(6)3)16-9(21)5-19-7(2)11(20(22)23)10(17-19)12(13)14/h4,12H,5H2,1-3H3,(H,16,21). The van der Waals surface area contributed by atoms with Crippen LogP contribution in [0, 0.1) is 24.0 Å². The third-order valence-electron chi connectivity index (χ3n) is 3.39. The summed E-state index contributed by atoms with van der Waals surface area (Å²) in [6.07, 6.45) is -1.66. The molecule has 0 radical (unpaired) electrons. The second-order valence-electron chi connectivity index (χ2n) is 4.85. The molecule has 2 aromatic rings. The highest BCUT2D eigenvalue weighted by Gasteiger charge is 2.31. The van der Waals surface area contributed by atoms with E-state index in [0.717, 1.165) is 4.68 Å². The molecular formula is C12H14F2N6O3. The number of hydrogen-bond acceptors (Lipinski definition) is 5. The number of carbonyl (C=O) groups excluding carboxylic acids is 1. The molecule has 2 rings (SSSR count). The molecule has 1 N–H and O–H groups in total. The molecule has 0 saturated heterocycles. The number of nitro groups is 1. The van der Waals surface area contributed by atoms with Crippen LogP contribution in [0.4, 0.5) is 20.2 Å². The largest absolute Gasteiger partial charge is 0.322 e. The van der Waals surface area contributed by atoms with Crippen molar-refractivity contribution in [3.8, 4) is 0 Å². The molecule has 0 spiro atoms. The summed E-state index contributed by atoms with van der Waals surface area (Å²) in [7, 11) is 1.70. The van der Waals surface area contributed by atoms with Crippen molar-refractivity contribution in [2.24, 2.45) is 7.05 Å². The lowest BCUT2D eigenvalue weighted by molar-refractivity contribution is -0.386. The van der Waals surface area contributed by atoms with Crippen LogP contribution >= 0.6 is 0 Å². The second-order valence-corrected chi connectivity index (χ2v) is 4.85. The average Bonchev–Trinajstić information content (AvgIpc) is 2.94. The minimum atomic E-state index is -3.10. The molecule has 1 amide bonds. The lowest BCUT2D eigenvalue weighted by Crippen LogP contribution is -2.20. The fourth-order valence-corrected chi connectivity index (χ4v) is 2.03. The Morgan fingerprint density at radius 2 is 2.09 bits per heavy atom. The first kappa shape index (κ1) is 16.5. The van der Waals surface area contributed by atoms with Crippen LogP contribution in [0.1, 0.15) is 23.5 Å². The van der Waals surface area contributed by atoms with Crippen molar-refractivity contribution in [3.63, 3.8) is 0 Å². The number of nitrogens with one attached hydrogen (secondary N) is 1. The highest BCUT2D eigenvalue weighted by atomic mass is 19.3. The SMILES string of the molecule is Cc1c(NC(=O)Cn2nc(C(F)F)c([N+](=O)[O-])c2C)cnn1C. The highest BCUT2D eigenvalue weighted by Crippen LogP contribution is 2.30. The molecule has 0 saturated carbocycles. The molecule has 11 heteroatoms. The number of aryl methyl sites for hydroxylation is 1. The summed E-state index contributed by atoms with van der Waals surface area (Å²) in [5.41, 5.74) is -0.660. The number of hydrogen-bond donors (Lipinski definition) is 1. The number of carbonyl (C=O) groups is 1. The van der Waals surface area contributed by atoms with Crippen molar-refractivity contribution >= 4 is 17.3 Å². The first-order valence-electron chi connectivity index (χ1n) is 6.50. The van der Waals surface area contributed by atoms with Gasteiger partial charge in [-0.05, 0) is 13.8 Å². The number of anilines is 1. The fourth-order valence-electron chi connectivity index (χ4n) is 2.03. The summed E-state index contributed by atoms with van der Waals surface area (Å²) >= 11 is 0. The summed E-state index contributed by atoms with van der Waals surface area (Å²) < 4.78 is 28.1. The fraction of sp³-hybridized carbons (Fsp3) is 0.417. The molecule has 0 fully saturated rings. The molecule has 0 aliphatic rings. The van der Waals surface area contributed by atoms with Gasteiger partial charge in [-0.1, -0.05) is 0 Å².